The molecule has 2 nitrogen and oxygen atoms in total. The Balaban J connectivity index is 2.42. The largest absolute Gasteiger partial charge is 0.286 e. The average molecular weight is 180 g/mol. The molecule has 0 aliphatic carbocycles. The first-order chi connectivity index (χ1) is 6.24. The molecule has 1 rings (SSSR count). The molecule has 0 aromatic carbocycles. The highest BCUT2D eigenvalue weighted by Gasteiger charge is 2.11. The SMILES string of the molecule is CCCCCC1=N[C@@H](C)CN=C1C. The normalized spacial score (nSPS) is 22.5. The van der Waals surface area contributed by atoms with Crippen LogP contribution in [-0.4, -0.2) is 24.0 Å². The van der Waals surface area contributed by atoms with Crippen molar-refractivity contribution in [1.29, 1.82) is 0 Å². The van der Waals surface area contributed by atoms with E-state index in [0.29, 0.717) is 6.04 Å². The van der Waals surface area contributed by atoms with Gasteiger partial charge in [-0.1, -0.05) is 19.8 Å². The summed E-state index contributed by atoms with van der Waals surface area (Å²) in [5.41, 5.74) is 2.40. The van der Waals surface area contributed by atoms with Crippen molar-refractivity contribution < 1.29 is 0 Å². The van der Waals surface area contributed by atoms with Crippen molar-refractivity contribution in [1.82, 2.24) is 0 Å². The standard InChI is InChI=1S/C11H20N2/c1-4-5-6-7-11-10(3)12-8-9(2)13-11/h9H,4-8H2,1-3H3/t9-/m0/s1. The second-order valence-corrected chi connectivity index (χ2v) is 3.81. The van der Waals surface area contributed by atoms with Crippen molar-refractivity contribution in [3.05, 3.63) is 0 Å². The fourth-order valence-electron chi connectivity index (χ4n) is 1.55. The van der Waals surface area contributed by atoms with E-state index in [1.54, 1.807) is 0 Å². The predicted molar refractivity (Wildman–Crippen MR) is 59.0 cm³/mol. The lowest BCUT2D eigenvalue weighted by molar-refractivity contribution is 0.717. The van der Waals surface area contributed by atoms with Crippen molar-refractivity contribution in [3.8, 4) is 0 Å². The molecule has 0 saturated heterocycles. The second-order valence-electron chi connectivity index (χ2n) is 3.81. The molecule has 0 saturated carbocycles. The summed E-state index contributed by atoms with van der Waals surface area (Å²) >= 11 is 0. The number of rotatable bonds is 4. The third-order valence-corrected chi connectivity index (χ3v) is 2.40. The van der Waals surface area contributed by atoms with Crippen LogP contribution in [0.2, 0.25) is 0 Å². The zero-order valence-electron chi connectivity index (χ0n) is 9.01. The van der Waals surface area contributed by atoms with Crippen LogP contribution >= 0.6 is 0 Å². The summed E-state index contributed by atoms with van der Waals surface area (Å²) in [6, 6.07) is 0.403. The van der Waals surface area contributed by atoms with E-state index in [1.165, 1.54) is 25.0 Å². The van der Waals surface area contributed by atoms with Crippen molar-refractivity contribution in [2.75, 3.05) is 6.54 Å². The van der Waals surface area contributed by atoms with Gasteiger partial charge in [-0.3, -0.25) is 9.98 Å². The molecule has 0 radical (unpaired) electrons. The Morgan fingerprint density at radius 1 is 1.38 bits per heavy atom. The van der Waals surface area contributed by atoms with Gasteiger partial charge in [0.15, 0.2) is 0 Å². The molecule has 13 heavy (non-hydrogen) atoms. The number of hydrogen-bond acceptors (Lipinski definition) is 2. The Labute approximate surface area is 81.2 Å². The third-order valence-electron chi connectivity index (χ3n) is 2.40. The van der Waals surface area contributed by atoms with Gasteiger partial charge >= 0.3 is 0 Å². The lowest BCUT2D eigenvalue weighted by Gasteiger charge is -2.15. The molecule has 1 aliphatic heterocycles. The smallest absolute Gasteiger partial charge is 0.0670 e. The van der Waals surface area contributed by atoms with E-state index in [-0.39, 0.29) is 0 Å². The Morgan fingerprint density at radius 3 is 2.85 bits per heavy atom. The molecule has 0 unspecified atom stereocenters. The van der Waals surface area contributed by atoms with Gasteiger partial charge in [-0.2, -0.15) is 0 Å². The Kier molecular flexibility index (Phi) is 4.13. The summed E-state index contributed by atoms with van der Waals surface area (Å²) in [6.07, 6.45) is 4.96. The summed E-state index contributed by atoms with van der Waals surface area (Å²) in [6.45, 7) is 7.32. The maximum atomic E-state index is 4.62. The van der Waals surface area contributed by atoms with E-state index in [2.05, 4.69) is 30.8 Å². The van der Waals surface area contributed by atoms with Crippen LogP contribution in [0.5, 0.6) is 0 Å². The molecule has 0 spiro atoms. The van der Waals surface area contributed by atoms with Crippen molar-refractivity contribution in [3.63, 3.8) is 0 Å². The zero-order chi connectivity index (χ0) is 9.68. The summed E-state index contributed by atoms with van der Waals surface area (Å²) in [7, 11) is 0. The van der Waals surface area contributed by atoms with Crippen LogP contribution in [0.15, 0.2) is 9.98 Å². The van der Waals surface area contributed by atoms with Crippen LogP contribution in [0, 0.1) is 0 Å². The van der Waals surface area contributed by atoms with Crippen molar-refractivity contribution in [2.45, 2.75) is 52.5 Å². The van der Waals surface area contributed by atoms with Gasteiger partial charge in [0.2, 0.25) is 0 Å². The van der Waals surface area contributed by atoms with Crippen LogP contribution in [0.3, 0.4) is 0 Å². The van der Waals surface area contributed by atoms with Gasteiger partial charge in [0.05, 0.1) is 24.0 Å². The molecule has 0 N–H and O–H groups in total. The molecular formula is C11H20N2. The zero-order valence-corrected chi connectivity index (χ0v) is 9.01. The monoisotopic (exact) mass is 180 g/mol. The van der Waals surface area contributed by atoms with Crippen LogP contribution < -0.4 is 0 Å². The predicted octanol–water partition coefficient (Wildman–Crippen LogP) is 2.87. The van der Waals surface area contributed by atoms with E-state index in [4.69, 9.17) is 0 Å². The molecule has 74 valence electrons. The molecule has 0 amide bonds. The first-order valence-electron chi connectivity index (χ1n) is 5.32. The lowest BCUT2D eigenvalue weighted by Crippen LogP contribution is -2.21. The topological polar surface area (TPSA) is 24.7 Å². The van der Waals surface area contributed by atoms with E-state index in [9.17, 15) is 0 Å². The Bertz CT molecular complexity index is 216. The van der Waals surface area contributed by atoms with Crippen LogP contribution in [0.25, 0.3) is 0 Å². The molecule has 0 fully saturated rings. The molecule has 0 bridgehead atoms. The highest BCUT2D eigenvalue weighted by Crippen LogP contribution is 2.08. The quantitative estimate of drug-likeness (QED) is 0.594. The molecular weight excluding hydrogens is 160 g/mol. The van der Waals surface area contributed by atoms with Gasteiger partial charge in [-0.05, 0) is 26.7 Å². The van der Waals surface area contributed by atoms with Gasteiger partial charge in [-0.15, -0.1) is 0 Å². The molecule has 1 atom stereocenters. The first-order valence-corrected chi connectivity index (χ1v) is 5.32. The molecule has 1 heterocycles. The number of hydrogen-bond donors (Lipinski definition) is 0. The number of unbranched alkanes of at least 4 members (excludes halogenated alkanes) is 2. The van der Waals surface area contributed by atoms with Crippen molar-refractivity contribution in [2.24, 2.45) is 9.98 Å². The summed E-state index contributed by atoms with van der Waals surface area (Å²) in [5.74, 6) is 0. The molecule has 0 aromatic heterocycles. The highest BCUT2D eigenvalue weighted by molar-refractivity contribution is 6.41. The Morgan fingerprint density at radius 2 is 2.15 bits per heavy atom. The minimum Gasteiger partial charge on any atom is -0.286 e. The maximum absolute atomic E-state index is 4.62. The van der Waals surface area contributed by atoms with Crippen LogP contribution in [-0.2, 0) is 0 Å². The molecule has 2 heteroatoms. The lowest BCUT2D eigenvalue weighted by atomic mass is 10.1. The summed E-state index contributed by atoms with van der Waals surface area (Å²) in [5, 5.41) is 0. The molecule has 1 aliphatic rings. The summed E-state index contributed by atoms with van der Waals surface area (Å²) < 4.78 is 0. The van der Waals surface area contributed by atoms with Crippen LogP contribution in [0.4, 0.5) is 0 Å². The van der Waals surface area contributed by atoms with Gasteiger partial charge in [0.25, 0.3) is 0 Å². The van der Waals surface area contributed by atoms with Gasteiger partial charge < -0.3 is 0 Å². The van der Waals surface area contributed by atoms with E-state index >= 15 is 0 Å². The minimum atomic E-state index is 0.403. The van der Waals surface area contributed by atoms with Crippen molar-refractivity contribution >= 4 is 11.4 Å². The number of nitrogens with zero attached hydrogens (tertiary/aromatic N) is 2. The first kappa shape index (κ1) is 10.4. The average Bonchev–Trinajstić information content (AvgIpc) is 2.11. The Hall–Kier alpha value is -0.660. The van der Waals surface area contributed by atoms with E-state index in [0.717, 1.165) is 18.7 Å². The third kappa shape index (κ3) is 3.29. The van der Waals surface area contributed by atoms with E-state index < -0.39 is 0 Å². The summed E-state index contributed by atoms with van der Waals surface area (Å²) in [4.78, 5) is 9.08. The van der Waals surface area contributed by atoms with Crippen LogP contribution in [0.1, 0.15) is 46.5 Å². The number of aliphatic imine (C=N–C) groups is 2. The molecule has 0 aromatic rings. The minimum absolute atomic E-state index is 0.403. The van der Waals surface area contributed by atoms with Gasteiger partial charge in [-0.25, -0.2) is 0 Å². The fourth-order valence-corrected chi connectivity index (χ4v) is 1.55. The van der Waals surface area contributed by atoms with Gasteiger partial charge in [0, 0.05) is 0 Å². The maximum Gasteiger partial charge on any atom is 0.0670 e. The highest BCUT2D eigenvalue weighted by atomic mass is 14.9. The van der Waals surface area contributed by atoms with Gasteiger partial charge in [0.1, 0.15) is 0 Å². The fraction of sp³-hybridized carbons (Fsp3) is 0.818. The second kappa shape index (κ2) is 5.15. The van der Waals surface area contributed by atoms with E-state index in [1.807, 2.05) is 0 Å².